The van der Waals surface area contributed by atoms with E-state index >= 15 is 0 Å². The third kappa shape index (κ3) is 1.78. The summed E-state index contributed by atoms with van der Waals surface area (Å²) in [5.74, 6) is 0.00785. The van der Waals surface area contributed by atoms with Crippen molar-refractivity contribution in [1.82, 2.24) is 0 Å². The van der Waals surface area contributed by atoms with Gasteiger partial charge in [0, 0.05) is 17.9 Å². The van der Waals surface area contributed by atoms with Crippen LogP contribution in [0.4, 0.5) is 0 Å². The third-order valence-electron chi connectivity index (χ3n) is 8.77. The monoisotopic (exact) mass is 336 g/mol. The van der Waals surface area contributed by atoms with Crippen molar-refractivity contribution in [3.05, 3.63) is 12.2 Å². The largest absolute Gasteiger partial charge is 0.396 e. The van der Waals surface area contributed by atoms with Gasteiger partial charge in [-0.15, -0.1) is 0 Å². The van der Waals surface area contributed by atoms with E-state index in [1.54, 1.807) is 0 Å². The highest BCUT2D eigenvalue weighted by Crippen LogP contribution is 2.71. The maximum absolute atomic E-state index is 11.2. The molecule has 0 aromatic carbocycles. The molecule has 4 aliphatic carbocycles. The molecule has 1 spiro atoms. The second-order valence-corrected chi connectivity index (χ2v) is 9.75. The Bertz CT molecular complexity index is 562. The van der Waals surface area contributed by atoms with Crippen LogP contribution in [-0.2, 0) is 0 Å². The number of rotatable bonds is 1. The standard InChI is InChI=1S/C20H32O4/c1-11-9-20-14(7-12(22)16(11)17(20)24)19(3)6-4-5-18(2,10-21)13(19)8-15(20)23/h12-17,21-24H,1,4-10H2,2-3H3. The minimum absolute atomic E-state index is 0.0630. The lowest BCUT2D eigenvalue weighted by Gasteiger charge is -2.66. The predicted molar refractivity (Wildman–Crippen MR) is 91.1 cm³/mol. The molecule has 4 rings (SSSR count). The Hall–Kier alpha value is -0.420. The molecule has 4 fully saturated rings. The summed E-state index contributed by atoms with van der Waals surface area (Å²) in [5.41, 5.74) is 0.101. The lowest BCUT2D eigenvalue weighted by Crippen LogP contribution is -2.67. The van der Waals surface area contributed by atoms with Crippen molar-refractivity contribution in [2.45, 2.75) is 70.7 Å². The van der Waals surface area contributed by atoms with Crippen molar-refractivity contribution in [1.29, 1.82) is 0 Å². The van der Waals surface area contributed by atoms with Crippen LogP contribution in [0.5, 0.6) is 0 Å². The molecule has 4 saturated carbocycles. The first-order valence-electron chi connectivity index (χ1n) is 9.53. The van der Waals surface area contributed by atoms with E-state index in [-0.39, 0.29) is 35.2 Å². The first kappa shape index (κ1) is 17.0. The second-order valence-electron chi connectivity index (χ2n) is 9.75. The minimum atomic E-state index is -0.700. The molecule has 0 saturated heterocycles. The van der Waals surface area contributed by atoms with Crippen molar-refractivity contribution < 1.29 is 20.4 Å². The summed E-state index contributed by atoms with van der Waals surface area (Å²) < 4.78 is 0. The number of hydrogen-bond donors (Lipinski definition) is 4. The van der Waals surface area contributed by atoms with Gasteiger partial charge in [0.05, 0.1) is 18.3 Å². The lowest BCUT2D eigenvalue weighted by atomic mass is 9.39. The van der Waals surface area contributed by atoms with E-state index in [1.165, 1.54) is 0 Å². The molecule has 0 aromatic heterocycles. The summed E-state index contributed by atoms with van der Waals surface area (Å²) in [6.07, 6.45) is 3.12. The van der Waals surface area contributed by atoms with Crippen molar-refractivity contribution in [2.24, 2.45) is 34.0 Å². The summed E-state index contributed by atoms with van der Waals surface area (Å²) in [6.45, 7) is 8.68. The second kappa shape index (κ2) is 5.06. The molecule has 0 radical (unpaired) electrons. The van der Waals surface area contributed by atoms with Gasteiger partial charge in [0.25, 0.3) is 0 Å². The van der Waals surface area contributed by atoms with Crippen LogP contribution in [-0.4, -0.2) is 45.3 Å². The summed E-state index contributed by atoms with van der Waals surface area (Å²) >= 11 is 0. The molecule has 4 heteroatoms. The van der Waals surface area contributed by atoms with Gasteiger partial charge in [0.2, 0.25) is 0 Å². The van der Waals surface area contributed by atoms with Crippen LogP contribution in [0, 0.1) is 34.0 Å². The van der Waals surface area contributed by atoms with Crippen LogP contribution >= 0.6 is 0 Å². The van der Waals surface area contributed by atoms with E-state index in [4.69, 9.17) is 0 Å². The first-order chi connectivity index (χ1) is 11.2. The summed E-state index contributed by atoms with van der Waals surface area (Å²) in [5, 5.41) is 43.0. The zero-order chi connectivity index (χ0) is 17.5. The topological polar surface area (TPSA) is 80.9 Å². The van der Waals surface area contributed by atoms with E-state index < -0.39 is 23.7 Å². The van der Waals surface area contributed by atoms with Gasteiger partial charge in [0.1, 0.15) is 0 Å². The molecule has 136 valence electrons. The fourth-order valence-electron chi connectivity index (χ4n) is 7.64. The van der Waals surface area contributed by atoms with Crippen molar-refractivity contribution >= 4 is 0 Å². The Kier molecular flexibility index (Phi) is 3.59. The molecule has 0 heterocycles. The highest BCUT2D eigenvalue weighted by Gasteiger charge is 2.71. The van der Waals surface area contributed by atoms with Gasteiger partial charge in [0.15, 0.2) is 0 Å². The van der Waals surface area contributed by atoms with Crippen molar-refractivity contribution in [3.63, 3.8) is 0 Å². The molecule has 4 nitrogen and oxygen atoms in total. The van der Waals surface area contributed by atoms with Crippen LogP contribution < -0.4 is 0 Å². The van der Waals surface area contributed by atoms with Gasteiger partial charge < -0.3 is 20.4 Å². The van der Waals surface area contributed by atoms with Crippen molar-refractivity contribution in [2.75, 3.05) is 6.61 Å². The molecule has 2 bridgehead atoms. The van der Waals surface area contributed by atoms with Gasteiger partial charge in [-0.1, -0.05) is 32.4 Å². The minimum Gasteiger partial charge on any atom is -0.396 e. The summed E-state index contributed by atoms with van der Waals surface area (Å²) in [4.78, 5) is 0. The fourth-order valence-corrected chi connectivity index (χ4v) is 7.64. The third-order valence-corrected chi connectivity index (χ3v) is 8.77. The summed E-state index contributed by atoms with van der Waals surface area (Å²) in [7, 11) is 0. The number of aliphatic hydroxyl groups is 4. The van der Waals surface area contributed by atoms with Crippen LogP contribution in [0.15, 0.2) is 12.2 Å². The molecule has 0 aromatic rings. The molecule has 0 amide bonds. The normalized spacial score (nSPS) is 59.8. The Morgan fingerprint density at radius 3 is 2.46 bits per heavy atom. The fraction of sp³-hybridized carbons (Fsp3) is 0.900. The van der Waals surface area contributed by atoms with Crippen molar-refractivity contribution in [3.8, 4) is 0 Å². The van der Waals surface area contributed by atoms with Crippen LogP contribution in [0.3, 0.4) is 0 Å². The zero-order valence-corrected chi connectivity index (χ0v) is 14.9. The van der Waals surface area contributed by atoms with Gasteiger partial charge in [-0.05, 0) is 54.8 Å². The molecule has 9 unspecified atom stereocenters. The van der Waals surface area contributed by atoms with Gasteiger partial charge >= 0.3 is 0 Å². The lowest BCUT2D eigenvalue weighted by molar-refractivity contribution is -0.249. The van der Waals surface area contributed by atoms with Crippen LogP contribution in [0.25, 0.3) is 0 Å². The van der Waals surface area contributed by atoms with Crippen LogP contribution in [0.2, 0.25) is 0 Å². The zero-order valence-electron chi connectivity index (χ0n) is 14.9. The van der Waals surface area contributed by atoms with E-state index in [9.17, 15) is 20.4 Å². The SMILES string of the molecule is C=C1CC23C(O)CC4C(C)(CO)CCCC4(C)C2CC(O)C1C3O. The Labute approximate surface area is 144 Å². The number of aliphatic hydroxyl groups excluding tert-OH is 4. The number of fused-ring (bicyclic) bond motifs is 3. The smallest absolute Gasteiger partial charge is 0.0717 e. The average molecular weight is 336 g/mol. The summed E-state index contributed by atoms with van der Waals surface area (Å²) in [6, 6.07) is 0. The molecule has 24 heavy (non-hydrogen) atoms. The number of hydrogen-bond acceptors (Lipinski definition) is 4. The Morgan fingerprint density at radius 2 is 1.79 bits per heavy atom. The maximum atomic E-state index is 11.2. The van der Waals surface area contributed by atoms with E-state index in [0.29, 0.717) is 19.3 Å². The molecule has 9 atom stereocenters. The Morgan fingerprint density at radius 1 is 1.08 bits per heavy atom. The van der Waals surface area contributed by atoms with Gasteiger partial charge in [-0.25, -0.2) is 0 Å². The highest BCUT2D eigenvalue weighted by molar-refractivity contribution is 5.29. The molecule has 4 aliphatic rings. The van der Waals surface area contributed by atoms with Gasteiger partial charge in [-0.2, -0.15) is 0 Å². The van der Waals surface area contributed by atoms with E-state index in [2.05, 4.69) is 20.4 Å². The molecule has 4 N–H and O–H groups in total. The first-order valence-corrected chi connectivity index (χ1v) is 9.53. The average Bonchev–Trinajstić information content (AvgIpc) is 2.70. The van der Waals surface area contributed by atoms with E-state index in [0.717, 1.165) is 24.8 Å². The van der Waals surface area contributed by atoms with Crippen LogP contribution in [0.1, 0.15) is 52.4 Å². The predicted octanol–water partition coefficient (Wildman–Crippen LogP) is 1.86. The van der Waals surface area contributed by atoms with E-state index in [1.807, 2.05) is 0 Å². The maximum Gasteiger partial charge on any atom is 0.0717 e. The molecule has 0 aliphatic heterocycles. The quantitative estimate of drug-likeness (QED) is 0.551. The van der Waals surface area contributed by atoms with Gasteiger partial charge in [-0.3, -0.25) is 0 Å². The highest BCUT2D eigenvalue weighted by atomic mass is 16.3. The Balaban J connectivity index is 1.83. The molecular weight excluding hydrogens is 304 g/mol. The molecular formula is C20H32O4.